The van der Waals surface area contributed by atoms with Gasteiger partial charge in [0.05, 0.1) is 6.20 Å². The topological polar surface area (TPSA) is 82.5 Å². The smallest absolute Gasteiger partial charge is 0.251 e. The van der Waals surface area contributed by atoms with E-state index in [2.05, 4.69) is 25.4 Å². The van der Waals surface area contributed by atoms with Crippen LogP contribution >= 0.6 is 0 Å². The van der Waals surface area contributed by atoms with Crippen molar-refractivity contribution in [3.05, 3.63) is 42.2 Å². The average Bonchev–Trinajstić information content (AvgIpc) is 3.08. The summed E-state index contributed by atoms with van der Waals surface area (Å²) in [6, 6.07) is 3.44. The molecule has 1 atom stereocenters. The molecule has 0 unspecified atom stereocenters. The zero-order chi connectivity index (χ0) is 13.2. The zero-order valence-corrected chi connectivity index (χ0v) is 10.6. The van der Waals surface area contributed by atoms with Gasteiger partial charge in [0.25, 0.3) is 5.89 Å². The van der Waals surface area contributed by atoms with Crippen LogP contribution in [0.25, 0.3) is 11.5 Å². The summed E-state index contributed by atoms with van der Waals surface area (Å²) < 4.78 is 7.04. The van der Waals surface area contributed by atoms with E-state index in [4.69, 9.17) is 4.52 Å². The Morgan fingerprint density at radius 2 is 2.26 bits per heavy atom. The normalized spacial score (nSPS) is 12.5. The standard InChI is InChI=1S/C12H12N6O/c1-8-6-14-18(7-8)9(2)12-15-11(17-19-12)10-4-3-5-13-16-10/h3-7,9H,1-2H3/t9-/m0/s1. The molecule has 0 bridgehead atoms. The third kappa shape index (κ3) is 2.22. The first-order chi connectivity index (χ1) is 9.24. The molecule has 0 radical (unpaired) electrons. The number of hydrogen-bond donors (Lipinski definition) is 0. The van der Waals surface area contributed by atoms with Crippen LogP contribution in [0.2, 0.25) is 0 Å². The summed E-state index contributed by atoms with van der Waals surface area (Å²) in [5, 5.41) is 15.9. The molecule has 3 heterocycles. The number of nitrogens with zero attached hydrogens (tertiary/aromatic N) is 6. The number of hydrogen-bond acceptors (Lipinski definition) is 6. The maximum absolute atomic E-state index is 5.25. The molecule has 0 aromatic carbocycles. The minimum atomic E-state index is -0.119. The second-order valence-corrected chi connectivity index (χ2v) is 4.24. The molecule has 0 saturated carbocycles. The monoisotopic (exact) mass is 256 g/mol. The molecule has 0 aliphatic rings. The molecule has 0 aliphatic heterocycles. The van der Waals surface area contributed by atoms with Crippen molar-refractivity contribution in [2.24, 2.45) is 0 Å². The summed E-state index contributed by atoms with van der Waals surface area (Å²) in [5.74, 6) is 0.919. The van der Waals surface area contributed by atoms with Crippen molar-refractivity contribution in [3.63, 3.8) is 0 Å². The first kappa shape index (κ1) is 11.5. The molecule has 3 rings (SSSR count). The van der Waals surface area contributed by atoms with E-state index in [0.717, 1.165) is 5.56 Å². The fourth-order valence-electron chi connectivity index (χ4n) is 1.69. The van der Waals surface area contributed by atoms with E-state index in [9.17, 15) is 0 Å². The summed E-state index contributed by atoms with van der Waals surface area (Å²) >= 11 is 0. The molecular formula is C12H12N6O. The quantitative estimate of drug-likeness (QED) is 0.708. The van der Waals surface area contributed by atoms with Crippen molar-refractivity contribution in [2.45, 2.75) is 19.9 Å². The van der Waals surface area contributed by atoms with Crippen molar-refractivity contribution in [3.8, 4) is 11.5 Å². The molecule has 7 nitrogen and oxygen atoms in total. The van der Waals surface area contributed by atoms with Gasteiger partial charge in [-0.3, -0.25) is 4.68 Å². The van der Waals surface area contributed by atoms with Crippen LogP contribution in [0, 0.1) is 6.92 Å². The average molecular weight is 256 g/mol. The fourth-order valence-corrected chi connectivity index (χ4v) is 1.69. The fraction of sp³-hybridized carbons (Fsp3) is 0.250. The molecule has 0 N–H and O–H groups in total. The van der Waals surface area contributed by atoms with Crippen molar-refractivity contribution in [1.29, 1.82) is 0 Å². The molecule has 3 aromatic heterocycles. The molecule has 96 valence electrons. The lowest BCUT2D eigenvalue weighted by Crippen LogP contribution is -2.07. The van der Waals surface area contributed by atoms with Gasteiger partial charge < -0.3 is 4.52 Å². The molecular weight excluding hydrogens is 244 g/mol. The first-order valence-corrected chi connectivity index (χ1v) is 5.86. The summed E-state index contributed by atoms with van der Waals surface area (Å²) in [6.07, 6.45) is 5.31. The molecule has 0 aliphatic carbocycles. The zero-order valence-electron chi connectivity index (χ0n) is 10.6. The maximum atomic E-state index is 5.25. The third-order valence-electron chi connectivity index (χ3n) is 2.73. The Bertz CT molecular complexity index is 674. The van der Waals surface area contributed by atoms with Gasteiger partial charge in [0.15, 0.2) is 0 Å². The van der Waals surface area contributed by atoms with E-state index in [0.29, 0.717) is 17.4 Å². The van der Waals surface area contributed by atoms with E-state index in [1.165, 1.54) is 0 Å². The van der Waals surface area contributed by atoms with Crippen LogP contribution < -0.4 is 0 Å². The molecule has 3 aromatic rings. The largest absolute Gasteiger partial charge is 0.337 e. The van der Waals surface area contributed by atoms with Crippen LogP contribution in [-0.2, 0) is 0 Å². The van der Waals surface area contributed by atoms with Gasteiger partial charge in [0.1, 0.15) is 11.7 Å². The van der Waals surface area contributed by atoms with Gasteiger partial charge in [-0.2, -0.15) is 15.2 Å². The molecule has 0 amide bonds. The van der Waals surface area contributed by atoms with Gasteiger partial charge in [0, 0.05) is 12.4 Å². The van der Waals surface area contributed by atoms with Gasteiger partial charge in [-0.1, -0.05) is 5.16 Å². The number of rotatable bonds is 3. The van der Waals surface area contributed by atoms with E-state index in [1.54, 1.807) is 29.2 Å². The van der Waals surface area contributed by atoms with Crippen molar-refractivity contribution < 1.29 is 4.52 Å². The predicted molar refractivity (Wildman–Crippen MR) is 66.1 cm³/mol. The Labute approximate surface area is 109 Å². The van der Waals surface area contributed by atoms with Gasteiger partial charge >= 0.3 is 0 Å². The molecule has 0 fully saturated rings. The van der Waals surface area contributed by atoms with Gasteiger partial charge in [-0.05, 0) is 31.5 Å². The van der Waals surface area contributed by atoms with Gasteiger partial charge in [-0.25, -0.2) is 0 Å². The lowest BCUT2D eigenvalue weighted by Gasteiger charge is -2.05. The Morgan fingerprint density at radius 1 is 1.37 bits per heavy atom. The molecule has 0 saturated heterocycles. The van der Waals surface area contributed by atoms with Crippen LogP contribution in [0.5, 0.6) is 0 Å². The highest BCUT2D eigenvalue weighted by atomic mass is 16.5. The number of aromatic nitrogens is 6. The van der Waals surface area contributed by atoms with Crippen LogP contribution in [0.15, 0.2) is 35.2 Å². The van der Waals surface area contributed by atoms with Crippen molar-refractivity contribution in [2.75, 3.05) is 0 Å². The first-order valence-electron chi connectivity index (χ1n) is 5.86. The predicted octanol–water partition coefficient (Wildman–Crippen LogP) is 1.64. The lowest BCUT2D eigenvalue weighted by molar-refractivity contribution is 0.336. The third-order valence-corrected chi connectivity index (χ3v) is 2.73. The number of aryl methyl sites for hydroxylation is 1. The highest BCUT2D eigenvalue weighted by molar-refractivity contribution is 5.46. The summed E-state index contributed by atoms with van der Waals surface area (Å²) in [6.45, 7) is 3.93. The van der Waals surface area contributed by atoms with Gasteiger partial charge in [-0.15, -0.1) is 5.10 Å². The van der Waals surface area contributed by atoms with Crippen molar-refractivity contribution in [1.82, 2.24) is 30.1 Å². The minimum Gasteiger partial charge on any atom is -0.337 e. The second kappa shape index (κ2) is 4.60. The van der Waals surface area contributed by atoms with Crippen molar-refractivity contribution >= 4 is 0 Å². The second-order valence-electron chi connectivity index (χ2n) is 4.24. The molecule has 7 heteroatoms. The SMILES string of the molecule is Cc1cnn([C@@H](C)c2nc(-c3cccnn3)no2)c1. The Morgan fingerprint density at radius 3 is 2.95 bits per heavy atom. The van der Waals surface area contributed by atoms with E-state index in [-0.39, 0.29) is 6.04 Å². The maximum Gasteiger partial charge on any atom is 0.251 e. The van der Waals surface area contributed by atoms with E-state index >= 15 is 0 Å². The van der Waals surface area contributed by atoms with Crippen LogP contribution in [0.1, 0.15) is 24.4 Å². The Kier molecular flexibility index (Phi) is 2.79. The summed E-state index contributed by atoms with van der Waals surface area (Å²) in [4.78, 5) is 4.32. The van der Waals surface area contributed by atoms with Gasteiger partial charge in [0.2, 0.25) is 5.82 Å². The Balaban J connectivity index is 1.89. The van der Waals surface area contributed by atoms with Crippen LogP contribution in [-0.4, -0.2) is 30.1 Å². The highest BCUT2D eigenvalue weighted by Crippen LogP contribution is 2.19. The van der Waals surface area contributed by atoms with E-state index in [1.807, 2.05) is 20.0 Å². The lowest BCUT2D eigenvalue weighted by atomic mass is 10.3. The van der Waals surface area contributed by atoms with E-state index < -0.39 is 0 Å². The van der Waals surface area contributed by atoms with Crippen LogP contribution in [0.4, 0.5) is 0 Å². The summed E-state index contributed by atoms with van der Waals surface area (Å²) in [7, 11) is 0. The Hall–Kier alpha value is -2.57. The summed E-state index contributed by atoms with van der Waals surface area (Å²) in [5.41, 5.74) is 1.67. The minimum absolute atomic E-state index is 0.119. The molecule has 19 heavy (non-hydrogen) atoms. The van der Waals surface area contributed by atoms with Crippen LogP contribution in [0.3, 0.4) is 0 Å². The molecule has 0 spiro atoms. The highest BCUT2D eigenvalue weighted by Gasteiger charge is 2.17.